The number of nitrogens with zero attached hydrogens (tertiary/aromatic N) is 2. The Bertz CT molecular complexity index is 1830. The fourth-order valence-corrected chi connectivity index (χ4v) is 7.98. The van der Waals surface area contributed by atoms with Crippen LogP contribution in [-0.2, 0) is 32.6 Å². The molecule has 252 valence electrons. The Morgan fingerprint density at radius 1 is 0.792 bits per heavy atom. The van der Waals surface area contributed by atoms with Crippen molar-refractivity contribution in [3.05, 3.63) is 129 Å². The maximum Gasteiger partial charge on any atom is 0.264 e. The number of rotatable bonds is 12. The molecule has 4 aromatic carbocycles. The minimum Gasteiger partial charge on any atom is -0.352 e. The summed E-state index contributed by atoms with van der Waals surface area (Å²) in [5, 5.41) is 4.01. The summed E-state index contributed by atoms with van der Waals surface area (Å²) in [5.41, 5.74) is 2.51. The van der Waals surface area contributed by atoms with Crippen molar-refractivity contribution < 1.29 is 18.0 Å². The summed E-state index contributed by atoms with van der Waals surface area (Å²) in [5.74, 6) is -0.888. The van der Waals surface area contributed by atoms with Gasteiger partial charge < -0.3 is 10.2 Å². The molecule has 0 unspecified atom stereocenters. The molecule has 4 aromatic rings. The summed E-state index contributed by atoms with van der Waals surface area (Å²) < 4.78 is 29.5. The van der Waals surface area contributed by atoms with Gasteiger partial charge in [0, 0.05) is 19.0 Å². The van der Waals surface area contributed by atoms with Gasteiger partial charge in [-0.1, -0.05) is 120 Å². The molecule has 1 fully saturated rings. The predicted molar refractivity (Wildman–Crippen MR) is 193 cm³/mol. The van der Waals surface area contributed by atoms with Crippen LogP contribution in [0.1, 0.15) is 48.8 Å². The molecule has 1 atom stereocenters. The van der Waals surface area contributed by atoms with Crippen LogP contribution in [0.25, 0.3) is 0 Å². The first-order chi connectivity index (χ1) is 23.0. The Labute approximate surface area is 297 Å². The highest BCUT2D eigenvalue weighted by molar-refractivity contribution is 7.92. The molecule has 0 aromatic heterocycles. The zero-order valence-corrected chi connectivity index (χ0v) is 29.7. The number of hydrogen-bond acceptors (Lipinski definition) is 4. The third-order valence-electron chi connectivity index (χ3n) is 8.57. The number of sulfonamides is 1. The van der Waals surface area contributed by atoms with E-state index in [1.165, 1.54) is 17.0 Å². The van der Waals surface area contributed by atoms with E-state index in [0.29, 0.717) is 15.6 Å². The smallest absolute Gasteiger partial charge is 0.264 e. The van der Waals surface area contributed by atoms with Crippen molar-refractivity contribution in [1.82, 2.24) is 10.2 Å². The molecule has 5 rings (SSSR count). The maximum atomic E-state index is 14.7. The number of aryl methyl sites for hydroxylation is 1. The van der Waals surface area contributed by atoms with Crippen LogP contribution in [0, 0.1) is 6.92 Å². The molecule has 1 aliphatic carbocycles. The third kappa shape index (κ3) is 8.91. The van der Waals surface area contributed by atoms with Crippen LogP contribution in [-0.4, -0.2) is 43.8 Å². The van der Waals surface area contributed by atoms with Gasteiger partial charge in [0.2, 0.25) is 11.8 Å². The van der Waals surface area contributed by atoms with E-state index in [-0.39, 0.29) is 40.5 Å². The van der Waals surface area contributed by atoms with Gasteiger partial charge in [0.05, 0.1) is 25.7 Å². The van der Waals surface area contributed by atoms with Crippen molar-refractivity contribution >= 4 is 62.3 Å². The number of benzene rings is 4. The fourth-order valence-electron chi connectivity index (χ4n) is 5.94. The molecule has 1 aliphatic rings. The molecular formula is C37H38Cl3N3O4S. The van der Waals surface area contributed by atoms with Crippen molar-refractivity contribution in [1.29, 1.82) is 0 Å². The van der Waals surface area contributed by atoms with Gasteiger partial charge >= 0.3 is 0 Å². The second-order valence-corrected chi connectivity index (χ2v) is 15.2. The van der Waals surface area contributed by atoms with Crippen LogP contribution in [0.3, 0.4) is 0 Å². The van der Waals surface area contributed by atoms with Crippen molar-refractivity contribution in [3.8, 4) is 0 Å². The van der Waals surface area contributed by atoms with E-state index in [2.05, 4.69) is 5.32 Å². The minimum absolute atomic E-state index is 0.00649. The maximum absolute atomic E-state index is 14.7. The number of carbonyl (C=O) groups is 2. The molecule has 2 amide bonds. The lowest BCUT2D eigenvalue weighted by atomic mass is 9.94. The predicted octanol–water partition coefficient (Wildman–Crippen LogP) is 8.24. The fraction of sp³-hybridized carbons (Fsp3) is 0.297. The Kier molecular flexibility index (Phi) is 12.1. The molecule has 7 nitrogen and oxygen atoms in total. The highest BCUT2D eigenvalue weighted by Crippen LogP contribution is 2.31. The van der Waals surface area contributed by atoms with Gasteiger partial charge in [-0.15, -0.1) is 0 Å². The molecule has 0 heterocycles. The van der Waals surface area contributed by atoms with Crippen LogP contribution in [0.15, 0.2) is 102 Å². The Hall–Kier alpha value is -3.56. The minimum atomic E-state index is -4.27. The summed E-state index contributed by atoms with van der Waals surface area (Å²) in [4.78, 5) is 30.4. The van der Waals surface area contributed by atoms with Crippen LogP contribution in [0.2, 0.25) is 15.1 Å². The molecule has 0 spiro atoms. The van der Waals surface area contributed by atoms with Crippen LogP contribution in [0.5, 0.6) is 0 Å². The quantitative estimate of drug-likeness (QED) is 0.159. The molecule has 48 heavy (non-hydrogen) atoms. The summed E-state index contributed by atoms with van der Waals surface area (Å²) >= 11 is 19.2. The SMILES string of the molecule is Cc1ccc(S(=O)(=O)N(CC(=O)N(Cc2ccc(Cl)c(Cl)c2)[C@@H](Cc2ccccc2)C(=O)NC2CCCCC2)c2ccccc2Cl)cc1. The summed E-state index contributed by atoms with van der Waals surface area (Å²) in [6.45, 7) is 1.23. The van der Waals surface area contributed by atoms with E-state index >= 15 is 0 Å². The average Bonchev–Trinajstić information content (AvgIpc) is 3.08. The lowest BCUT2D eigenvalue weighted by Crippen LogP contribution is -2.55. The molecule has 0 aliphatic heterocycles. The van der Waals surface area contributed by atoms with Gasteiger partial charge in [-0.2, -0.15) is 0 Å². The average molecular weight is 727 g/mol. The Balaban J connectivity index is 1.58. The summed E-state index contributed by atoms with van der Waals surface area (Å²) in [6, 6.07) is 26.4. The van der Waals surface area contributed by atoms with Gasteiger partial charge in [0.25, 0.3) is 10.0 Å². The first-order valence-corrected chi connectivity index (χ1v) is 18.5. The number of carbonyl (C=O) groups excluding carboxylic acids is 2. The van der Waals surface area contributed by atoms with Crippen LogP contribution >= 0.6 is 34.8 Å². The van der Waals surface area contributed by atoms with Crippen molar-refractivity contribution in [2.24, 2.45) is 0 Å². The van der Waals surface area contributed by atoms with Gasteiger partial charge in [-0.05, 0) is 67.3 Å². The first kappa shape index (κ1) is 35.7. The highest BCUT2D eigenvalue weighted by atomic mass is 35.5. The molecule has 1 saturated carbocycles. The number of nitrogens with one attached hydrogen (secondary N) is 1. The molecular weight excluding hydrogens is 689 g/mol. The van der Waals surface area contributed by atoms with E-state index in [1.807, 2.05) is 37.3 Å². The largest absolute Gasteiger partial charge is 0.352 e. The molecule has 1 N–H and O–H groups in total. The zero-order valence-electron chi connectivity index (χ0n) is 26.6. The first-order valence-electron chi connectivity index (χ1n) is 15.9. The van der Waals surface area contributed by atoms with Crippen LogP contribution < -0.4 is 9.62 Å². The summed E-state index contributed by atoms with van der Waals surface area (Å²) in [6.07, 6.45) is 5.09. The monoisotopic (exact) mass is 725 g/mol. The normalized spacial score (nSPS) is 14.2. The molecule has 0 saturated heterocycles. The lowest BCUT2D eigenvalue weighted by molar-refractivity contribution is -0.140. The van der Waals surface area contributed by atoms with Gasteiger partial charge in [0.1, 0.15) is 12.6 Å². The topological polar surface area (TPSA) is 86.8 Å². The summed E-state index contributed by atoms with van der Waals surface area (Å²) in [7, 11) is -4.27. The third-order valence-corrected chi connectivity index (χ3v) is 11.4. The van der Waals surface area contributed by atoms with E-state index in [0.717, 1.165) is 47.5 Å². The second kappa shape index (κ2) is 16.2. The number of amides is 2. The van der Waals surface area contributed by atoms with Gasteiger partial charge in [0.15, 0.2) is 0 Å². The second-order valence-electron chi connectivity index (χ2n) is 12.1. The number of hydrogen-bond donors (Lipinski definition) is 1. The van der Waals surface area contributed by atoms with Crippen LogP contribution in [0.4, 0.5) is 5.69 Å². The molecule has 11 heteroatoms. The van der Waals surface area contributed by atoms with Gasteiger partial charge in [-0.25, -0.2) is 8.42 Å². The van der Waals surface area contributed by atoms with E-state index < -0.39 is 28.5 Å². The Morgan fingerprint density at radius 2 is 1.46 bits per heavy atom. The lowest BCUT2D eigenvalue weighted by Gasteiger charge is -2.35. The number of anilines is 1. The number of halogens is 3. The molecule has 0 bridgehead atoms. The number of para-hydroxylation sites is 1. The van der Waals surface area contributed by atoms with E-state index in [9.17, 15) is 18.0 Å². The molecule has 0 radical (unpaired) electrons. The zero-order chi connectivity index (χ0) is 34.3. The van der Waals surface area contributed by atoms with Crippen molar-refractivity contribution in [3.63, 3.8) is 0 Å². The van der Waals surface area contributed by atoms with Crippen molar-refractivity contribution in [2.75, 3.05) is 10.8 Å². The van der Waals surface area contributed by atoms with E-state index in [1.54, 1.807) is 54.6 Å². The highest BCUT2D eigenvalue weighted by Gasteiger charge is 2.36. The standard InChI is InChI=1S/C37H38Cl3N3O4S/c1-26-16-19-30(20-17-26)48(46,47)43(34-15-9-8-14-32(34)39)25-36(44)42(24-28-18-21-31(38)33(40)22-28)35(23-27-10-4-2-5-11-27)37(45)41-29-12-6-3-7-13-29/h2,4-5,8-11,14-22,29,35H,3,6-7,12-13,23-25H2,1H3,(H,41,45)/t35-/m0/s1. The van der Waals surface area contributed by atoms with E-state index in [4.69, 9.17) is 34.8 Å². The van der Waals surface area contributed by atoms with Crippen molar-refractivity contribution in [2.45, 2.75) is 69.0 Å². The Morgan fingerprint density at radius 3 is 2.12 bits per heavy atom. The van der Waals surface area contributed by atoms with Gasteiger partial charge in [-0.3, -0.25) is 13.9 Å².